The number of rotatable bonds is 2. The van der Waals surface area contributed by atoms with E-state index in [9.17, 15) is 18.0 Å². The Bertz CT molecular complexity index is 477. The highest BCUT2D eigenvalue weighted by atomic mass is 19.4. The molecule has 0 fully saturated rings. The molecule has 7 heteroatoms. The Labute approximate surface area is 94.6 Å². The maximum atomic E-state index is 12.4. The Morgan fingerprint density at radius 2 is 2.24 bits per heavy atom. The highest BCUT2D eigenvalue weighted by Crippen LogP contribution is 2.30. The van der Waals surface area contributed by atoms with E-state index < -0.39 is 23.4 Å². The van der Waals surface area contributed by atoms with E-state index in [0.717, 1.165) is 12.3 Å². The van der Waals surface area contributed by atoms with Crippen molar-refractivity contribution in [2.45, 2.75) is 13.1 Å². The fourth-order valence-electron chi connectivity index (χ4n) is 1.10. The lowest BCUT2D eigenvalue weighted by molar-refractivity contribution is -0.141. The van der Waals surface area contributed by atoms with Crippen LogP contribution in [0.2, 0.25) is 0 Å². The minimum atomic E-state index is -4.72. The average Bonchev–Trinajstić information content (AvgIpc) is 2.27. The summed E-state index contributed by atoms with van der Waals surface area (Å²) in [6, 6.07) is 2.16. The zero-order valence-electron chi connectivity index (χ0n) is 8.71. The number of hydrogen-bond acceptors (Lipinski definition) is 4. The van der Waals surface area contributed by atoms with Crippen molar-refractivity contribution in [1.29, 1.82) is 5.26 Å². The largest absolute Gasteiger partial charge is 0.462 e. The molecule has 0 unspecified atom stereocenters. The summed E-state index contributed by atoms with van der Waals surface area (Å²) in [5, 5.41) is 8.58. The van der Waals surface area contributed by atoms with Crippen molar-refractivity contribution >= 4 is 5.97 Å². The molecule has 0 saturated carbocycles. The molecule has 1 rings (SSSR count). The van der Waals surface area contributed by atoms with Gasteiger partial charge >= 0.3 is 12.1 Å². The summed E-state index contributed by atoms with van der Waals surface area (Å²) >= 11 is 0. The summed E-state index contributed by atoms with van der Waals surface area (Å²) in [6.07, 6.45) is -3.99. The van der Waals surface area contributed by atoms with Crippen LogP contribution in [0.5, 0.6) is 0 Å². The Balaban J connectivity index is 3.19. The lowest BCUT2D eigenvalue weighted by Gasteiger charge is -2.08. The molecule has 0 aliphatic heterocycles. The van der Waals surface area contributed by atoms with Crippen LogP contribution in [0.1, 0.15) is 28.5 Å². The van der Waals surface area contributed by atoms with E-state index in [2.05, 4.69) is 9.72 Å². The van der Waals surface area contributed by atoms with E-state index in [-0.39, 0.29) is 12.2 Å². The summed E-state index contributed by atoms with van der Waals surface area (Å²) in [6.45, 7) is 1.64. The molecule has 0 aromatic carbocycles. The molecule has 0 atom stereocenters. The second-order valence-electron chi connectivity index (χ2n) is 2.95. The van der Waals surface area contributed by atoms with Gasteiger partial charge in [-0.15, -0.1) is 0 Å². The van der Waals surface area contributed by atoms with Crippen LogP contribution in [0.15, 0.2) is 12.3 Å². The quantitative estimate of drug-likeness (QED) is 0.748. The molecular weight excluding hydrogens is 237 g/mol. The first-order chi connectivity index (χ1) is 7.90. The molecule has 1 aromatic rings. The van der Waals surface area contributed by atoms with E-state index in [4.69, 9.17) is 5.26 Å². The van der Waals surface area contributed by atoms with Crippen LogP contribution in [0, 0.1) is 11.3 Å². The van der Waals surface area contributed by atoms with Crippen molar-refractivity contribution in [3.63, 3.8) is 0 Å². The highest BCUT2D eigenvalue weighted by molar-refractivity contribution is 5.89. The molecule has 1 heterocycles. The Morgan fingerprint density at radius 1 is 1.59 bits per heavy atom. The van der Waals surface area contributed by atoms with Gasteiger partial charge < -0.3 is 4.74 Å². The smallest absolute Gasteiger partial charge is 0.434 e. The zero-order valence-corrected chi connectivity index (χ0v) is 8.71. The summed E-state index contributed by atoms with van der Waals surface area (Å²) in [5.41, 5.74) is -2.20. The lowest BCUT2D eigenvalue weighted by Crippen LogP contribution is -2.13. The van der Waals surface area contributed by atoms with Gasteiger partial charge in [0.05, 0.1) is 17.7 Å². The normalized spacial score (nSPS) is 10.8. The molecule has 4 nitrogen and oxygen atoms in total. The first-order valence-corrected chi connectivity index (χ1v) is 4.54. The van der Waals surface area contributed by atoms with Gasteiger partial charge in [-0.05, 0) is 13.0 Å². The van der Waals surface area contributed by atoms with Crippen LogP contribution in [-0.2, 0) is 10.9 Å². The molecule has 0 aliphatic rings. The molecule has 0 spiro atoms. The number of esters is 1. The summed E-state index contributed by atoms with van der Waals surface area (Å²) in [7, 11) is 0. The number of aromatic nitrogens is 1. The van der Waals surface area contributed by atoms with E-state index >= 15 is 0 Å². The minimum Gasteiger partial charge on any atom is -0.462 e. The van der Waals surface area contributed by atoms with Gasteiger partial charge in [0.1, 0.15) is 6.07 Å². The second-order valence-corrected chi connectivity index (χ2v) is 2.95. The van der Waals surface area contributed by atoms with Gasteiger partial charge in [0.15, 0.2) is 5.69 Å². The average molecular weight is 244 g/mol. The third kappa shape index (κ3) is 2.93. The standard InChI is InChI=1S/C10H7F3N2O2/c1-2-17-9(16)7-3-6(4-14)8(15-5-7)10(11,12)13/h3,5H,2H2,1H3. The number of alkyl halides is 3. The molecule has 0 aliphatic carbocycles. The number of carbonyl (C=O) groups excluding carboxylic acids is 1. The van der Waals surface area contributed by atoms with E-state index in [1.54, 1.807) is 6.92 Å². The molecular formula is C10H7F3N2O2. The number of hydrogen-bond donors (Lipinski definition) is 0. The maximum Gasteiger partial charge on any atom is 0.434 e. The number of pyridine rings is 1. The predicted molar refractivity (Wildman–Crippen MR) is 49.9 cm³/mol. The van der Waals surface area contributed by atoms with Gasteiger partial charge in [-0.25, -0.2) is 9.78 Å². The van der Waals surface area contributed by atoms with Crippen molar-refractivity contribution in [2.24, 2.45) is 0 Å². The van der Waals surface area contributed by atoms with Crippen molar-refractivity contribution in [2.75, 3.05) is 6.61 Å². The third-order valence-electron chi connectivity index (χ3n) is 1.79. The van der Waals surface area contributed by atoms with Crippen LogP contribution in [0.25, 0.3) is 0 Å². The molecule has 0 saturated heterocycles. The van der Waals surface area contributed by atoms with Gasteiger partial charge in [0.2, 0.25) is 0 Å². The topological polar surface area (TPSA) is 63.0 Å². The van der Waals surface area contributed by atoms with Gasteiger partial charge in [0, 0.05) is 6.20 Å². The van der Waals surface area contributed by atoms with Crippen LogP contribution in [0.4, 0.5) is 13.2 Å². The maximum absolute atomic E-state index is 12.4. The molecule has 17 heavy (non-hydrogen) atoms. The molecule has 0 N–H and O–H groups in total. The Morgan fingerprint density at radius 3 is 2.71 bits per heavy atom. The molecule has 90 valence electrons. The molecule has 0 radical (unpaired) electrons. The van der Waals surface area contributed by atoms with Crippen molar-refractivity contribution < 1.29 is 22.7 Å². The zero-order chi connectivity index (χ0) is 13.1. The number of ether oxygens (including phenoxy) is 1. The number of nitrogens with zero attached hydrogens (tertiary/aromatic N) is 2. The van der Waals surface area contributed by atoms with E-state index in [1.165, 1.54) is 6.07 Å². The first kappa shape index (κ1) is 13.0. The van der Waals surface area contributed by atoms with Crippen LogP contribution < -0.4 is 0 Å². The van der Waals surface area contributed by atoms with E-state index in [1.807, 2.05) is 0 Å². The van der Waals surface area contributed by atoms with E-state index in [0.29, 0.717) is 0 Å². The van der Waals surface area contributed by atoms with Gasteiger partial charge in [-0.2, -0.15) is 18.4 Å². The van der Waals surface area contributed by atoms with Crippen molar-refractivity contribution in [3.05, 3.63) is 29.1 Å². The van der Waals surface area contributed by atoms with Crippen LogP contribution >= 0.6 is 0 Å². The Kier molecular flexibility index (Phi) is 3.68. The summed E-state index contributed by atoms with van der Waals surface area (Å²) in [4.78, 5) is 14.3. The SMILES string of the molecule is CCOC(=O)c1cnc(C(F)(F)F)c(C#N)c1. The van der Waals surface area contributed by atoms with Crippen LogP contribution in [0.3, 0.4) is 0 Å². The second kappa shape index (κ2) is 4.82. The molecule has 0 bridgehead atoms. The number of carbonyl (C=O) groups is 1. The Hall–Kier alpha value is -2.10. The van der Waals surface area contributed by atoms with Gasteiger partial charge in [-0.1, -0.05) is 0 Å². The van der Waals surface area contributed by atoms with Gasteiger partial charge in [0.25, 0.3) is 0 Å². The number of nitriles is 1. The predicted octanol–water partition coefficient (Wildman–Crippen LogP) is 2.15. The third-order valence-corrected chi connectivity index (χ3v) is 1.79. The van der Waals surface area contributed by atoms with Crippen LogP contribution in [-0.4, -0.2) is 17.6 Å². The monoisotopic (exact) mass is 244 g/mol. The lowest BCUT2D eigenvalue weighted by atomic mass is 10.1. The first-order valence-electron chi connectivity index (χ1n) is 4.54. The molecule has 0 amide bonds. The van der Waals surface area contributed by atoms with Crippen molar-refractivity contribution in [3.8, 4) is 6.07 Å². The van der Waals surface area contributed by atoms with Gasteiger partial charge in [-0.3, -0.25) is 0 Å². The fraction of sp³-hybridized carbons (Fsp3) is 0.300. The highest BCUT2D eigenvalue weighted by Gasteiger charge is 2.36. The summed E-state index contributed by atoms with van der Waals surface area (Å²) in [5.74, 6) is -0.815. The fourth-order valence-corrected chi connectivity index (χ4v) is 1.10. The van der Waals surface area contributed by atoms with Crippen molar-refractivity contribution in [1.82, 2.24) is 4.98 Å². The summed E-state index contributed by atoms with van der Waals surface area (Å²) < 4.78 is 41.7. The molecule has 1 aromatic heterocycles. The minimum absolute atomic E-state index is 0.0851. The number of halogens is 3.